The van der Waals surface area contributed by atoms with Crippen molar-refractivity contribution in [2.24, 2.45) is 0 Å². The van der Waals surface area contributed by atoms with E-state index in [-0.39, 0.29) is 0 Å². The fraction of sp³-hybridized carbons (Fsp3) is 0.0909. The fourth-order valence-electron chi connectivity index (χ4n) is 1.22. The normalized spacial score (nSPS) is 9.81. The number of hydrogen-bond donors (Lipinski definition) is 2. The maximum atomic E-state index is 5.44. The highest BCUT2D eigenvalue weighted by Gasteiger charge is 1.97. The lowest BCUT2D eigenvalue weighted by atomic mass is 10.3. The number of ether oxygens (including phenoxy) is 1. The van der Waals surface area contributed by atoms with Crippen LogP contribution in [0.3, 0.4) is 0 Å². The minimum absolute atomic E-state index is 0.403. The average Bonchev–Trinajstić information content (AvgIpc) is 2.33. The van der Waals surface area contributed by atoms with Crippen LogP contribution in [0.15, 0.2) is 36.7 Å². The first kappa shape index (κ1) is 10.2. The molecule has 0 bridgehead atoms. The number of hydrogen-bond acceptors (Lipinski definition) is 5. The number of nitrogens with zero attached hydrogens (tertiary/aromatic N) is 2. The molecule has 0 saturated carbocycles. The second-order valence-electron chi connectivity index (χ2n) is 3.18. The van der Waals surface area contributed by atoms with Gasteiger partial charge >= 0.3 is 0 Å². The highest BCUT2D eigenvalue weighted by atomic mass is 16.5. The quantitative estimate of drug-likeness (QED) is 0.818. The number of anilines is 3. The van der Waals surface area contributed by atoms with Gasteiger partial charge in [-0.05, 0) is 24.3 Å². The number of aromatic nitrogens is 2. The number of benzene rings is 1. The van der Waals surface area contributed by atoms with Gasteiger partial charge in [0.25, 0.3) is 0 Å². The maximum Gasteiger partial charge on any atom is 0.149 e. The molecule has 0 saturated heterocycles. The van der Waals surface area contributed by atoms with E-state index in [0.29, 0.717) is 11.6 Å². The van der Waals surface area contributed by atoms with Crippen LogP contribution in [0.5, 0.6) is 5.75 Å². The van der Waals surface area contributed by atoms with Gasteiger partial charge in [-0.1, -0.05) is 0 Å². The molecular weight excluding hydrogens is 204 g/mol. The monoisotopic (exact) mass is 216 g/mol. The van der Waals surface area contributed by atoms with E-state index in [1.165, 1.54) is 6.20 Å². The summed E-state index contributed by atoms with van der Waals surface area (Å²) < 4.78 is 5.06. The summed E-state index contributed by atoms with van der Waals surface area (Å²) in [5.41, 5.74) is 6.36. The van der Waals surface area contributed by atoms with Gasteiger partial charge in [0.1, 0.15) is 17.4 Å². The van der Waals surface area contributed by atoms with Crippen LogP contribution in [0.2, 0.25) is 0 Å². The first-order chi connectivity index (χ1) is 7.78. The molecule has 1 heterocycles. The van der Waals surface area contributed by atoms with Gasteiger partial charge in [-0.2, -0.15) is 0 Å². The number of rotatable bonds is 3. The molecule has 1 aromatic carbocycles. The third kappa shape index (κ3) is 2.38. The number of methoxy groups -OCH3 is 1. The molecule has 1 aromatic heterocycles. The molecule has 5 heteroatoms. The largest absolute Gasteiger partial charge is 0.497 e. The zero-order valence-corrected chi connectivity index (χ0v) is 8.84. The van der Waals surface area contributed by atoms with Crippen LogP contribution in [0.1, 0.15) is 0 Å². The summed E-state index contributed by atoms with van der Waals surface area (Å²) >= 11 is 0. The van der Waals surface area contributed by atoms with Crippen LogP contribution in [0, 0.1) is 0 Å². The zero-order valence-electron chi connectivity index (χ0n) is 8.84. The molecule has 16 heavy (non-hydrogen) atoms. The van der Waals surface area contributed by atoms with Crippen molar-refractivity contribution in [3.8, 4) is 5.75 Å². The van der Waals surface area contributed by atoms with Gasteiger partial charge in [-0.3, -0.25) is 0 Å². The Morgan fingerprint density at radius 2 is 1.88 bits per heavy atom. The SMILES string of the molecule is COc1ccc(Nc2cnc(N)cn2)cc1. The predicted octanol–water partition coefficient (Wildman–Crippen LogP) is 1.81. The van der Waals surface area contributed by atoms with Crippen LogP contribution < -0.4 is 15.8 Å². The van der Waals surface area contributed by atoms with Gasteiger partial charge in [0, 0.05) is 5.69 Å². The molecule has 0 aliphatic rings. The Morgan fingerprint density at radius 1 is 1.12 bits per heavy atom. The van der Waals surface area contributed by atoms with Crippen molar-refractivity contribution in [2.75, 3.05) is 18.2 Å². The first-order valence-electron chi connectivity index (χ1n) is 4.76. The number of nitrogens with two attached hydrogens (primary N) is 1. The fourth-order valence-corrected chi connectivity index (χ4v) is 1.22. The van der Waals surface area contributed by atoms with Crippen molar-refractivity contribution in [1.29, 1.82) is 0 Å². The van der Waals surface area contributed by atoms with E-state index < -0.39 is 0 Å². The lowest BCUT2D eigenvalue weighted by Gasteiger charge is -2.05. The molecule has 5 nitrogen and oxygen atoms in total. The van der Waals surface area contributed by atoms with Gasteiger partial charge in [0.05, 0.1) is 19.5 Å². The molecule has 0 fully saturated rings. The molecule has 2 rings (SSSR count). The Bertz CT molecular complexity index is 452. The minimum Gasteiger partial charge on any atom is -0.497 e. The first-order valence-corrected chi connectivity index (χ1v) is 4.76. The van der Waals surface area contributed by atoms with E-state index in [0.717, 1.165) is 11.4 Å². The predicted molar refractivity (Wildman–Crippen MR) is 62.7 cm³/mol. The van der Waals surface area contributed by atoms with E-state index in [1.54, 1.807) is 13.3 Å². The summed E-state index contributed by atoms with van der Waals surface area (Å²) in [5, 5.41) is 3.10. The van der Waals surface area contributed by atoms with Crippen LogP contribution in [0.4, 0.5) is 17.3 Å². The molecule has 3 N–H and O–H groups in total. The van der Waals surface area contributed by atoms with Crippen molar-refractivity contribution in [2.45, 2.75) is 0 Å². The van der Waals surface area contributed by atoms with Crippen molar-refractivity contribution < 1.29 is 4.74 Å². The molecule has 0 radical (unpaired) electrons. The third-order valence-corrected chi connectivity index (χ3v) is 2.03. The Morgan fingerprint density at radius 3 is 2.44 bits per heavy atom. The summed E-state index contributed by atoms with van der Waals surface area (Å²) in [6, 6.07) is 7.54. The Labute approximate surface area is 93.3 Å². The Kier molecular flexibility index (Phi) is 2.86. The number of nitrogens with one attached hydrogen (secondary N) is 1. The zero-order chi connectivity index (χ0) is 11.4. The van der Waals surface area contributed by atoms with Crippen molar-refractivity contribution >= 4 is 17.3 Å². The summed E-state index contributed by atoms with van der Waals surface area (Å²) in [6.45, 7) is 0. The Hall–Kier alpha value is -2.30. The van der Waals surface area contributed by atoms with E-state index in [2.05, 4.69) is 15.3 Å². The average molecular weight is 216 g/mol. The molecule has 0 aliphatic carbocycles. The second-order valence-corrected chi connectivity index (χ2v) is 3.18. The van der Waals surface area contributed by atoms with Gasteiger partial charge in [-0.25, -0.2) is 9.97 Å². The van der Waals surface area contributed by atoms with Gasteiger partial charge in [-0.15, -0.1) is 0 Å². The summed E-state index contributed by atoms with van der Waals surface area (Å²) in [4.78, 5) is 8.02. The molecule has 2 aromatic rings. The molecular formula is C11H12N4O. The summed E-state index contributed by atoms with van der Waals surface area (Å²) in [7, 11) is 1.63. The van der Waals surface area contributed by atoms with Crippen LogP contribution in [-0.4, -0.2) is 17.1 Å². The third-order valence-electron chi connectivity index (χ3n) is 2.03. The van der Waals surface area contributed by atoms with Crippen LogP contribution in [0.25, 0.3) is 0 Å². The number of nitrogen functional groups attached to an aromatic ring is 1. The van der Waals surface area contributed by atoms with Gasteiger partial charge < -0.3 is 15.8 Å². The van der Waals surface area contributed by atoms with Crippen molar-refractivity contribution in [1.82, 2.24) is 9.97 Å². The van der Waals surface area contributed by atoms with E-state index >= 15 is 0 Å². The summed E-state index contributed by atoms with van der Waals surface area (Å²) in [5.74, 6) is 1.87. The molecule has 0 aliphatic heterocycles. The van der Waals surface area contributed by atoms with E-state index in [4.69, 9.17) is 10.5 Å². The Balaban J connectivity index is 2.11. The van der Waals surface area contributed by atoms with Gasteiger partial charge in [0.2, 0.25) is 0 Å². The van der Waals surface area contributed by atoms with E-state index in [9.17, 15) is 0 Å². The summed E-state index contributed by atoms with van der Waals surface area (Å²) in [6.07, 6.45) is 3.09. The lowest BCUT2D eigenvalue weighted by Crippen LogP contribution is -1.97. The highest BCUT2D eigenvalue weighted by Crippen LogP contribution is 2.18. The highest BCUT2D eigenvalue weighted by molar-refractivity contribution is 5.56. The standard InChI is InChI=1S/C11H12N4O/c1-16-9-4-2-8(3-5-9)15-11-7-13-10(12)6-14-11/h2-7H,1H3,(H2,12,13)(H,14,15). The second kappa shape index (κ2) is 4.48. The van der Waals surface area contributed by atoms with Crippen molar-refractivity contribution in [3.63, 3.8) is 0 Å². The van der Waals surface area contributed by atoms with Gasteiger partial charge in [0.15, 0.2) is 0 Å². The lowest BCUT2D eigenvalue weighted by molar-refractivity contribution is 0.415. The molecule has 0 unspecified atom stereocenters. The molecule has 82 valence electrons. The van der Waals surface area contributed by atoms with E-state index in [1.807, 2.05) is 24.3 Å². The smallest absolute Gasteiger partial charge is 0.149 e. The van der Waals surface area contributed by atoms with Crippen LogP contribution >= 0.6 is 0 Å². The topological polar surface area (TPSA) is 73.1 Å². The minimum atomic E-state index is 0.403. The molecule has 0 amide bonds. The molecule has 0 atom stereocenters. The molecule has 0 spiro atoms. The van der Waals surface area contributed by atoms with Crippen molar-refractivity contribution in [3.05, 3.63) is 36.7 Å². The van der Waals surface area contributed by atoms with Crippen LogP contribution in [-0.2, 0) is 0 Å². The maximum absolute atomic E-state index is 5.44.